The largest absolute Gasteiger partial charge is 0.481 e. The zero-order valence-electron chi connectivity index (χ0n) is 9.64. The summed E-state index contributed by atoms with van der Waals surface area (Å²) in [5.41, 5.74) is 0. The molecule has 1 rings (SSSR count). The SMILES string of the molecule is CC1CC(C(=O)O)C(C(=O)NC[C@@H](C)O)C1. The van der Waals surface area contributed by atoms with E-state index in [-0.39, 0.29) is 18.4 Å². The number of hydrogen-bond acceptors (Lipinski definition) is 3. The summed E-state index contributed by atoms with van der Waals surface area (Å²) in [4.78, 5) is 22.7. The second-order valence-electron chi connectivity index (χ2n) is 4.72. The molecular weight excluding hydrogens is 210 g/mol. The van der Waals surface area contributed by atoms with Crippen molar-refractivity contribution < 1.29 is 19.8 Å². The smallest absolute Gasteiger partial charge is 0.307 e. The summed E-state index contributed by atoms with van der Waals surface area (Å²) in [5.74, 6) is -1.92. The zero-order valence-corrected chi connectivity index (χ0v) is 9.64. The molecule has 0 radical (unpaired) electrons. The van der Waals surface area contributed by atoms with E-state index in [0.29, 0.717) is 12.8 Å². The number of aliphatic carboxylic acids is 1. The fourth-order valence-electron chi connectivity index (χ4n) is 2.23. The number of nitrogens with one attached hydrogen (secondary N) is 1. The lowest BCUT2D eigenvalue weighted by molar-refractivity contribution is -0.146. The molecule has 0 aromatic carbocycles. The van der Waals surface area contributed by atoms with E-state index in [0.717, 1.165) is 0 Å². The summed E-state index contributed by atoms with van der Waals surface area (Å²) >= 11 is 0. The maximum absolute atomic E-state index is 11.7. The van der Waals surface area contributed by atoms with Gasteiger partial charge in [-0.15, -0.1) is 0 Å². The highest BCUT2D eigenvalue weighted by Crippen LogP contribution is 2.36. The average Bonchev–Trinajstić information content (AvgIpc) is 2.56. The summed E-state index contributed by atoms with van der Waals surface area (Å²) in [6.07, 6.45) is 0.566. The van der Waals surface area contributed by atoms with E-state index >= 15 is 0 Å². The Labute approximate surface area is 94.8 Å². The van der Waals surface area contributed by atoms with Crippen molar-refractivity contribution in [2.45, 2.75) is 32.8 Å². The van der Waals surface area contributed by atoms with Gasteiger partial charge in [-0.05, 0) is 25.7 Å². The zero-order chi connectivity index (χ0) is 12.3. The van der Waals surface area contributed by atoms with Gasteiger partial charge in [0.1, 0.15) is 0 Å². The van der Waals surface area contributed by atoms with Crippen LogP contribution < -0.4 is 5.32 Å². The summed E-state index contributed by atoms with van der Waals surface area (Å²) in [5, 5.41) is 20.6. The second kappa shape index (κ2) is 5.30. The standard InChI is InChI=1S/C11H19NO4/c1-6-3-8(9(4-6)11(15)16)10(14)12-5-7(2)13/h6-9,13H,3-5H2,1-2H3,(H,12,14)(H,15,16)/t6?,7-,8?,9?/m1/s1. The number of rotatable bonds is 4. The predicted octanol–water partition coefficient (Wildman–Crippen LogP) is 0.230. The van der Waals surface area contributed by atoms with Gasteiger partial charge in [-0.25, -0.2) is 0 Å². The molecule has 5 nitrogen and oxygen atoms in total. The van der Waals surface area contributed by atoms with E-state index in [1.54, 1.807) is 6.92 Å². The van der Waals surface area contributed by atoms with Crippen LogP contribution in [0.1, 0.15) is 26.7 Å². The molecule has 1 aliphatic carbocycles. The Kier molecular flexibility index (Phi) is 4.29. The van der Waals surface area contributed by atoms with E-state index in [2.05, 4.69) is 5.32 Å². The number of carboxylic acid groups (broad SMARTS) is 1. The quantitative estimate of drug-likeness (QED) is 0.644. The summed E-state index contributed by atoms with van der Waals surface area (Å²) < 4.78 is 0. The van der Waals surface area contributed by atoms with E-state index in [1.165, 1.54) is 0 Å². The summed E-state index contributed by atoms with van der Waals surface area (Å²) in [6.45, 7) is 3.71. The Morgan fingerprint density at radius 1 is 1.38 bits per heavy atom. The fraction of sp³-hybridized carbons (Fsp3) is 0.818. The molecule has 1 fully saturated rings. The number of hydrogen-bond donors (Lipinski definition) is 3. The molecule has 0 saturated heterocycles. The van der Waals surface area contributed by atoms with Crippen molar-refractivity contribution >= 4 is 11.9 Å². The van der Waals surface area contributed by atoms with Crippen LogP contribution >= 0.6 is 0 Å². The van der Waals surface area contributed by atoms with Crippen molar-refractivity contribution in [3.05, 3.63) is 0 Å². The van der Waals surface area contributed by atoms with Crippen molar-refractivity contribution in [3.8, 4) is 0 Å². The molecule has 3 N–H and O–H groups in total. The maximum Gasteiger partial charge on any atom is 0.307 e. The van der Waals surface area contributed by atoms with Gasteiger partial charge in [-0.1, -0.05) is 6.92 Å². The van der Waals surface area contributed by atoms with Crippen LogP contribution in [0.2, 0.25) is 0 Å². The molecular formula is C11H19NO4. The molecule has 0 aromatic rings. The molecule has 0 bridgehead atoms. The van der Waals surface area contributed by atoms with E-state index in [9.17, 15) is 9.59 Å². The molecule has 1 amide bonds. The topological polar surface area (TPSA) is 86.6 Å². The van der Waals surface area contributed by atoms with Gasteiger partial charge >= 0.3 is 5.97 Å². The third-order valence-corrected chi connectivity index (χ3v) is 3.02. The van der Waals surface area contributed by atoms with Crippen LogP contribution in [0.3, 0.4) is 0 Å². The van der Waals surface area contributed by atoms with Crippen LogP contribution in [0.4, 0.5) is 0 Å². The van der Waals surface area contributed by atoms with Crippen LogP contribution in [0.15, 0.2) is 0 Å². The van der Waals surface area contributed by atoms with Gasteiger partial charge in [0, 0.05) is 6.54 Å². The molecule has 3 unspecified atom stereocenters. The van der Waals surface area contributed by atoms with E-state index < -0.39 is 23.9 Å². The van der Waals surface area contributed by atoms with Crippen LogP contribution in [-0.4, -0.2) is 34.7 Å². The normalized spacial score (nSPS) is 31.1. The highest BCUT2D eigenvalue weighted by molar-refractivity contribution is 5.85. The number of aliphatic hydroxyl groups excluding tert-OH is 1. The molecule has 92 valence electrons. The molecule has 0 aliphatic heterocycles. The Hall–Kier alpha value is -1.10. The van der Waals surface area contributed by atoms with Gasteiger partial charge in [-0.2, -0.15) is 0 Å². The van der Waals surface area contributed by atoms with Crippen LogP contribution in [-0.2, 0) is 9.59 Å². The maximum atomic E-state index is 11.7. The summed E-state index contributed by atoms with van der Waals surface area (Å²) in [7, 11) is 0. The molecule has 0 heterocycles. The fourth-order valence-corrected chi connectivity index (χ4v) is 2.23. The third kappa shape index (κ3) is 3.20. The second-order valence-corrected chi connectivity index (χ2v) is 4.72. The molecule has 0 aromatic heterocycles. The van der Waals surface area contributed by atoms with Gasteiger partial charge in [0.2, 0.25) is 5.91 Å². The number of carbonyl (C=O) groups is 2. The highest BCUT2D eigenvalue weighted by Gasteiger charge is 2.40. The molecule has 4 atom stereocenters. The first kappa shape index (κ1) is 13.0. The third-order valence-electron chi connectivity index (χ3n) is 3.02. The number of carboxylic acids is 1. The van der Waals surface area contributed by atoms with Gasteiger partial charge in [0.15, 0.2) is 0 Å². The molecule has 1 aliphatic rings. The van der Waals surface area contributed by atoms with Crippen LogP contribution in [0.5, 0.6) is 0 Å². The van der Waals surface area contributed by atoms with Crippen molar-refractivity contribution in [1.29, 1.82) is 0 Å². The Balaban J connectivity index is 2.56. The average molecular weight is 229 g/mol. The molecule has 0 spiro atoms. The lowest BCUT2D eigenvalue weighted by atomic mass is 9.95. The van der Waals surface area contributed by atoms with Crippen molar-refractivity contribution in [3.63, 3.8) is 0 Å². The predicted molar refractivity (Wildman–Crippen MR) is 57.7 cm³/mol. The van der Waals surface area contributed by atoms with Crippen LogP contribution in [0, 0.1) is 17.8 Å². The van der Waals surface area contributed by atoms with Crippen molar-refractivity contribution in [2.75, 3.05) is 6.54 Å². The first-order valence-electron chi connectivity index (χ1n) is 5.60. The number of aliphatic hydroxyl groups is 1. The minimum absolute atomic E-state index is 0.177. The highest BCUT2D eigenvalue weighted by atomic mass is 16.4. The number of amides is 1. The van der Waals surface area contributed by atoms with Crippen molar-refractivity contribution in [2.24, 2.45) is 17.8 Å². The Morgan fingerprint density at radius 3 is 2.44 bits per heavy atom. The number of carbonyl (C=O) groups excluding carboxylic acids is 1. The molecule has 5 heteroatoms. The Bertz CT molecular complexity index is 277. The summed E-state index contributed by atoms with van der Waals surface area (Å²) in [6, 6.07) is 0. The monoisotopic (exact) mass is 229 g/mol. The minimum atomic E-state index is -0.901. The van der Waals surface area contributed by atoms with Crippen LogP contribution in [0.25, 0.3) is 0 Å². The first-order chi connectivity index (χ1) is 7.41. The van der Waals surface area contributed by atoms with E-state index in [1.807, 2.05) is 6.92 Å². The van der Waals surface area contributed by atoms with Gasteiger partial charge in [0.25, 0.3) is 0 Å². The molecule has 1 saturated carbocycles. The van der Waals surface area contributed by atoms with Gasteiger partial charge in [0.05, 0.1) is 17.9 Å². The van der Waals surface area contributed by atoms with Gasteiger partial charge in [-0.3, -0.25) is 9.59 Å². The van der Waals surface area contributed by atoms with E-state index in [4.69, 9.17) is 10.2 Å². The first-order valence-corrected chi connectivity index (χ1v) is 5.60. The lowest BCUT2D eigenvalue weighted by Crippen LogP contribution is -2.38. The minimum Gasteiger partial charge on any atom is -0.481 e. The van der Waals surface area contributed by atoms with Gasteiger partial charge < -0.3 is 15.5 Å². The van der Waals surface area contributed by atoms with Crippen molar-refractivity contribution in [1.82, 2.24) is 5.32 Å². The Morgan fingerprint density at radius 2 is 1.94 bits per heavy atom. The lowest BCUT2D eigenvalue weighted by Gasteiger charge is -2.16. The molecule has 16 heavy (non-hydrogen) atoms.